The van der Waals surface area contributed by atoms with Gasteiger partial charge in [0.2, 0.25) is 5.91 Å². The van der Waals surface area contributed by atoms with E-state index < -0.39 is 11.6 Å². The predicted molar refractivity (Wildman–Crippen MR) is 78.5 cm³/mol. The number of urea groups is 1. The minimum Gasteiger partial charge on any atom is -0.358 e. The zero-order valence-corrected chi connectivity index (χ0v) is 13.3. The van der Waals surface area contributed by atoms with Crippen molar-refractivity contribution in [2.45, 2.75) is 52.0 Å². The van der Waals surface area contributed by atoms with E-state index in [-0.39, 0.29) is 23.8 Å². The first-order valence-corrected chi connectivity index (χ1v) is 7.54. The summed E-state index contributed by atoms with van der Waals surface area (Å²) in [5.74, 6) is -0.0248. The first-order chi connectivity index (χ1) is 9.69. The maximum atomic E-state index is 12.6. The van der Waals surface area contributed by atoms with Gasteiger partial charge in [-0.05, 0) is 37.0 Å². The predicted octanol–water partition coefficient (Wildman–Crippen LogP) is 1.26. The quantitative estimate of drug-likeness (QED) is 0.753. The number of carbonyl (C=O) groups is 3. The van der Waals surface area contributed by atoms with Gasteiger partial charge in [-0.2, -0.15) is 0 Å². The summed E-state index contributed by atoms with van der Waals surface area (Å²) in [6.07, 6.45) is 3.15. The lowest BCUT2D eigenvalue weighted by molar-refractivity contribution is -0.136. The van der Waals surface area contributed by atoms with Crippen LogP contribution in [0.5, 0.6) is 0 Å². The normalized spacial score (nSPS) is 29.7. The van der Waals surface area contributed by atoms with E-state index in [9.17, 15) is 14.4 Å². The molecule has 1 saturated carbocycles. The zero-order valence-electron chi connectivity index (χ0n) is 13.3. The van der Waals surface area contributed by atoms with Crippen LogP contribution in [0.1, 0.15) is 46.5 Å². The number of rotatable bonds is 2. The molecule has 1 heterocycles. The van der Waals surface area contributed by atoms with Gasteiger partial charge < -0.3 is 10.6 Å². The highest BCUT2D eigenvalue weighted by atomic mass is 16.2. The van der Waals surface area contributed by atoms with Crippen LogP contribution in [0.2, 0.25) is 0 Å². The van der Waals surface area contributed by atoms with E-state index in [2.05, 4.69) is 31.4 Å². The Hall–Kier alpha value is -1.59. The molecule has 0 bridgehead atoms. The Labute approximate surface area is 125 Å². The van der Waals surface area contributed by atoms with Crippen molar-refractivity contribution in [2.24, 2.45) is 11.3 Å². The molecule has 0 aromatic rings. The molecule has 2 aliphatic rings. The van der Waals surface area contributed by atoms with Crippen molar-refractivity contribution in [3.05, 3.63) is 0 Å². The van der Waals surface area contributed by atoms with E-state index in [1.54, 1.807) is 0 Å². The third kappa shape index (κ3) is 2.89. The summed E-state index contributed by atoms with van der Waals surface area (Å²) in [4.78, 5) is 37.0. The van der Waals surface area contributed by atoms with Gasteiger partial charge in [0.1, 0.15) is 12.1 Å². The van der Waals surface area contributed by atoms with Crippen molar-refractivity contribution >= 4 is 17.8 Å². The molecule has 4 amide bonds. The first kappa shape index (κ1) is 15.8. The topological polar surface area (TPSA) is 78.5 Å². The van der Waals surface area contributed by atoms with E-state index in [0.29, 0.717) is 18.8 Å². The molecule has 0 aromatic carbocycles. The summed E-state index contributed by atoms with van der Waals surface area (Å²) >= 11 is 0. The van der Waals surface area contributed by atoms with E-state index in [0.717, 1.165) is 17.7 Å². The lowest BCUT2D eigenvalue weighted by Crippen LogP contribution is -2.51. The monoisotopic (exact) mass is 295 g/mol. The summed E-state index contributed by atoms with van der Waals surface area (Å²) in [7, 11) is 1.49. The number of nitrogens with one attached hydrogen (secondary N) is 2. The highest BCUT2D eigenvalue weighted by Gasteiger charge is 2.53. The summed E-state index contributed by atoms with van der Waals surface area (Å²) in [5.41, 5.74) is -0.568. The maximum Gasteiger partial charge on any atom is 0.325 e. The number of amides is 4. The summed E-state index contributed by atoms with van der Waals surface area (Å²) in [5, 5.41) is 5.27. The van der Waals surface area contributed by atoms with Crippen LogP contribution in [0.3, 0.4) is 0 Å². The molecule has 1 saturated heterocycles. The molecule has 0 atom stereocenters. The maximum absolute atomic E-state index is 12.6. The minimum atomic E-state index is -0.785. The molecule has 2 rings (SSSR count). The lowest BCUT2D eigenvalue weighted by Gasteiger charge is -2.40. The Morgan fingerprint density at radius 3 is 2.38 bits per heavy atom. The zero-order chi connectivity index (χ0) is 15.8. The molecule has 6 nitrogen and oxygen atoms in total. The van der Waals surface area contributed by atoms with Crippen molar-refractivity contribution in [3.63, 3.8) is 0 Å². The van der Waals surface area contributed by atoms with Gasteiger partial charge in [0.05, 0.1) is 0 Å². The molecule has 1 aliphatic heterocycles. The fourth-order valence-corrected chi connectivity index (χ4v) is 3.36. The van der Waals surface area contributed by atoms with Crippen LogP contribution < -0.4 is 10.6 Å². The van der Waals surface area contributed by atoms with Crippen LogP contribution in [0.25, 0.3) is 0 Å². The second kappa shape index (κ2) is 5.31. The van der Waals surface area contributed by atoms with Gasteiger partial charge in [-0.3, -0.25) is 14.5 Å². The number of carbonyl (C=O) groups excluding carboxylic acids is 3. The first-order valence-electron chi connectivity index (χ1n) is 7.54. The molecule has 0 unspecified atom stereocenters. The van der Waals surface area contributed by atoms with Gasteiger partial charge in [0, 0.05) is 7.05 Å². The van der Waals surface area contributed by atoms with Crippen LogP contribution >= 0.6 is 0 Å². The number of hydrogen-bond acceptors (Lipinski definition) is 3. The van der Waals surface area contributed by atoms with Crippen LogP contribution in [0, 0.1) is 11.3 Å². The fraction of sp³-hybridized carbons (Fsp3) is 0.800. The van der Waals surface area contributed by atoms with Gasteiger partial charge in [-0.1, -0.05) is 20.8 Å². The SMILES string of the molecule is CNC(=O)CN1C(=O)NC2(CCC(C(C)(C)C)CC2)C1=O. The highest BCUT2D eigenvalue weighted by molar-refractivity contribution is 6.09. The number of hydrogen-bond donors (Lipinski definition) is 2. The molecular formula is C15H25N3O3. The molecule has 2 fully saturated rings. The van der Waals surface area contributed by atoms with Crippen LogP contribution in [-0.4, -0.2) is 41.9 Å². The van der Waals surface area contributed by atoms with E-state index in [4.69, 9.17) is 0 Å². The fourth-order valence-electron chi connectivity index (χ4n) is 3.36. The van der Waals surface area contributed by atoms with E-state index in [1.165, 1.54) is 7.05 Å². The molecule has 118 valence electrons. The average molecular weight is 295 g/mol. The van der Waals surface area contributed by atoms with Crippen LogP contribution in [-0.2, 0) is 9.59 Å². The second-order valence-corrected chi connectivity index (χ2v) is 7.22. The van der Waals surface area contributed by atoms with E-state index >= 15 is 0 Å². The molecule has 2 N–H and O–H groups in total. The van der Waals surface area contributed by atoms with Crippen molar-refractivity contribution in [1.29, 1.82) is 0 Å². The van der Waals surface area contributed by atoms with Crippen molar-refractivity contribution in [1.82, 2.24) is 15.5 Å². The number of nitrogens with zero attached hydrogens (tertiary/aromatic N) is 1. The largest absolute Gasteiger partial charge is 0.358 e. The van der Waals surface area contributed by atoms with E-state index in [1.807, 2.05) is 0 Å². The summed E-state index contributed by atoms with van der Waals surface area (Å²) in [6.45, 7) is 6.43. The minimum absolute atomic E-state index is 0.203. The molecule has 1 aliphatic carbocycles. The Morgan fingerprint density at radius 1 is 1.33 bits per heavy atom. The highest BCUT2D eigenvalue weighted by Crippen LogP contribution is 2.43. The van der Waals surface area contributed by atoms with Gasteiger partial charge in [0.25, 0.3) is 5.91 Å². The smallest absolute Gasteiger partial charge is 0.325 e. The van der Waals surface area contributed by atoms with Crippen LogP contribution in [0.4, 0.5) is 4.79 Å². The van der Waals surface area contributed by atoms with Gasteiger partial charge >= 0.3 is 6.03 Å². The lowest BCUT2D eigenvalue weighted by atomic mass is 9.67. The molecule has 21 heavy (non-hydrogen) atoms. The summed E-state index contributed by atoms with van der Waals surface area (Å²) in [6, 6.07) is -0.446. The van der Waals surface area contributed by atoms with Crippen molar-refractivity contribution in [3.8, 4) is 0 Å². The Kier molecular flexibility index (Phi) is 4.00. The molecule has 6 heteroatoms. The second-order valence-electron chi connectivity index (χ2n) is 7.22. The van der Waals surface area contributed by atoms with Crippen molar-refractivity contribution < 1.29 is 14.4 Å². The molecule has 0 radical (unpaired) electrons. The number of imide groups is 1. The standard InChI is InChI=1S/C15H25N3O3/c1-14(2,3)10-5-7-15(8-6-10)12(20)18(13(21)17-15)9-11(19)16-4/h10H,5-9H2,1-4H3,(H,16,19)(H,17,21). The molecule has 0 aromatic heterocycles. The average Bonchev–Trinajstić information content (AvgIpc) is 2.63. The van der Waals surface area contributed by atoms with Crippen molar-refractivity contribution in [2.75, 3.05) is 13.6 Å². The van der Waals surface area contributed by atoms with Gasteiger partial charge in [0.15, 0.2) is 0 Å². The Morgan fingerprint density at radius 2 is 1.90 bits per heavy atom. The van der Waals surface area contributed by atoms with Gasteiger partial charge in [-0.25, -0.2) is 4.79 Å². The Balaban J connectivity index is 2.07. The van der Waals surface area contributed by atoms with Crippen LogP contribution in [0.15, 0.2) is 0 Å². The Bertz CT molecular complexity index is 459. The third-order valence-electron chi connectivity index (χ3n) is 4.89. The summed E-state index contributed by atoms with van der Waals surface area (Å²) < 4.78 is 0. The molecular weight excluding hydrogens is 270 g/mol. The number of likely N-dealkylation sites (N-methyl/N-ethyl adjacent to an activating group) is 1. The third-order valence-corrected chi connectivity index (χ3v) is 4.89. The molecule has 1 spiro atoms. The van der Waals surface area contributed by atoms with Gasteiger partial charge in [-0.15, -0.1) is 0 Å².